The number of hydrogen-bond acceptors (Lipinski definition) is 6. The summed E-state index contributed by atoms with van der Waals surface area (Å²) in [5.41, 5.74) is 7.38. The third kappa shape index (κ3) is 5.28. The van der Waals surface area contributed by atoms with Crippen LogP contribution in [0, 0.1) is 13.8 Å². The maximum Gasteiger partial charge on any atom is 0.410 e. The van der Waals surface area contributed by atoms with Crippen LogP contribution >= 0.6 is 0 Å². The predicted octanol–water partition coefficient (Wildman–Crippen LogP) is 5.91. The Balaban J connectivity index is 1.42. The van der Waals surface area contributed by atoms with E-state index in [1.54, 1.807) is 19.3 Å². The molecule has 3 aromatic heterocycles. The highest BCUT2D eigenvalue weighted by molar-refractivity contribution is 5.94. The highest BCUT2D eigenvalue weighted by Gasteiger charge is 2.36. The van der Waals surface area contributed by atoms with Gasteiger partial charge in [-0.2, -0.15) is 0 Å². The standard InChI is InChI=1S/C32H36N6O3/c1-19-14-35-29-25(19)13-23(15-36-29)22-11-21-8-10-37(30(39)24-16-33-20(2)34-17-24)18-27(21)26(12-22)28-7-6-9-38(28)31(40)41-32(3,4)5/h11-17,28H,6-10,18H2,1-5H3,(H,35,36). The van der Waals surface area contributed by atoms with Gasteiger partial charge >= 0.3 is 6.09 Å². The van der Waals surface area contributed by atoms with Crippen molar-refractivity contribution < 1.29 is 14.3 Å². The zero-order chi connectivity index (χ0) is 28.9. The second-order valence-electron chi connectivity index (χ2n) is 12.1. The highest BCUT2D eigenvalue weighted by atomic mass is 16.6. The zero-order valence-electron chi connectivity index (χ0n) is 24.3. The lowest BCUT2D eigenvalue weighted by atomic mass is 9.86. The number of rotatable bonds is 3. The third-order valence-corrected chi connectivity index (χ3v) is 8.00. The molecule has 1 N–H and O–H groups in total. The number of aryl methyl sites for hydroxylation is 2. The van der Waals surface area contributed by atoms with Crippen LogP contribution in [0.15, 0.2) is 43.0 Å². The minimum Gasteiger partial charge on any atom is -0.444 e. The number of carbonyl (C=O) groups excluding carboxylic acids is 2. The van der Waals surface area contributed by atoms with Crippen LogP contribution in [0.5, 0.6) is 0 Å². The molecule has 0 bridgehead atoms. The average molecular weight is 553 g/mol. The summed E-state index contributed by atoms with van der Waals surface area (Å²) in [4.78, 5) is 46.8. The van der Waals surface area contributed by atoms with Crippen LogP contribution in [0.25, 0.3) is 22.2 Å². The van der Waals surface area contributed by atoms with Crippen molar-refractivity contribution in [3.8, 4) is 11.1 Å². The SMILES string of the molecule is Cc1ncc(C(=O)N2CCc3cc(-c4cnc5[nH]cc(C)c5c4)cc(C4CCCN4C(=O)OC(C)(C)C)c3C2)cn1. The Hall–Kier alpha value is -4.27. The molecule has 0 spiro atoms. The second-order valence-corrected chi connectivity index (χ2v) is 12.1. The molecule has 9 heteroatoms. The van der Waals surface area contributed by atoms with Gasteiger partial charge in [0.25, 0.3) is 5.91 Å². The molecule has 1 atom stereocenters. The van der Waals surface area contributed by atoms with E-state index >= 15 is 0 Å². The summed E-state index contributed by atoms with van der Waals surface area (Å²) in [7, 11) is 0. The number of aromatic nitrogens is 4. The Labute approximate surface area is 240 Å². The summed E-state index contributed by atoms with van der Waals surface area (Å²) in [6.45, 7) is 11.2. The summed E-state index contributed by atoms with van der Waals surface area (Å²) in [5.74, 6) is 0.546. The number of aromatic amines is 1. The lowest BCUT2D eigenvalue weighted by Gasteiger charge is -2.35. The number of fused-ring (bicyclic) bond motifs is 2. The number of carbonyl (C=O) groups is 2. The molecule has 1 aromatic carbocycles. The zero-order valence-corrected chi connectivity index (χ0v) is 24.3. The smallest absolute Gasteiger partial charge is 0.410 e. The Morgan fingerprint density at radius 2 is 1.78 bits per heavy atom. The van der Waals surface area contributed by atoms with Crippen LogP contribution in [0.3, 0.4) is 0 Å². The first kappa shape index (κ1) is 26.9. The molecule has 212 valence electrons. The molecule has 2 aliphatic heterocycles. The van der Waals surface area contributed by atoms with Gasteiger partial charge in [0, 0.05) is 55.4 Å². The first-order chi connectivity index (χ1) is 19.6. The molecular formula is C32H36N6O3. The topological polar surface area (TPSA) is 104 Å². The molecule has 9 nitrogen and oxygen atoms in total. The number of nitrogens with zero attached hydrogens (tertiary/aromatic N) is 5. The van der Waals surface area contributed by atoms with E-state index in [1.807, 2.05) is 43.0 Å². The van der Waals surface area contributed by atoms with E-state index < -0.39 is 5.60 Å². The quantitative estimate of drug-likeness (QED) is 0.339. The van der Waals surface area contributed by atoms with E-state index in [4.69, 9.17) is 4.74 Å². The monoisotopic (exact) mass is 552 g/mol. The molecule has 0 radical (unpaired) electrons. The van der Waals surface area contributed by atoms with Crippen LogP contribution in [0.4, 0.5) is 4.79 Å². The van der Waals surface area contributed by atoms with Crippen molar-refractivity contribution in [1.82, 2.24) is 29.7 Å². The molecule has 2 amide bonds. The first-order valence-corrected chi connectivity index (χ1v) is 14.2. The van der Waals surface area contributed by atoms with Crippen molar-refractivity contribution in [1.29, 1.82) is 0 Å². The lowest BCUT2D eigenvalue weighted by molar-refractivity contribution is 0.0222. The molecule has 4 aromatic rings. The number of likely N-dealkylation sites (tertiary alicyclic amines) is 1. The van der Waals surface area contributed by atoms with Crippen LogP contribution in [0.2, 0.25) is 0 Å². The van der Waals surface area contributed by atoms with E-state index in [2.05, 4.69) is 45.1 Å². The molecule has 1 fully saturated rings. The Bertz CT molecular complexity index is 1640. The van der Waals surface area contributed by atoms with E-state index in [-0.39, 0.29) is 18.0 Å². The largest absolute Gasteiger partial charge is 0.444 e. The van der Waals surface area contributed by atoms with Gasteiger partial charge in [0.1, 0.15) is 17.1 Å². The first-order valence-electron chi connectivity index (χ1n) is 14.2. The normalized spacial score (nSPS) is 17.1. The summed E-state index contributed by atoms with van der Waals surface area (Å²) in [6.07, 6.45) is 9.21. The van der Waals surface area contributed by atoms with Gasteiger partial charge in [-0.3, -0.25) is 4.79 Å². The fourth-order valence-electron chi connectivity index (χ4n) is 5.94. The van der Waals surface area contributed by atoms with Crippen molar-refractivity contribution in [2.75, 3.05) is 13.1 Å². The van der Waals surface area contributed by atoms with Gasteiger partial charge in [0.15, 0.2) is 0 Å². The molecule has 1 saturated heterocycles. The van der Waals surface area contributed by atoms with E-state index in [0.29, 0.717) is 37.4 Å². The van der Waals surface area contributed by atoms with Gasteiger partial charge in [-0.1, -0.05) is 6.07 Å². The summed E-state index contributed by atoms with van der Waals surface area (Å²) in [5, 5.41) is 1.09. The summed E-state index contributed by atoms with van der Waals surface area (Å²) < 4.78 is 5.81. The number of hydrogen-bond donors (Lipinski definition) is 1. The number of pyridine rings is 1. The van der Waals surface area contributed by atoms with Gasteiger partial charge in [-0.15, -0.1) is 0 Å². The summed E-state index contributed by atoms with van der Waals surface area (Å²) >= 11 is 0. The highest BCUT2D eigenvalue weighted by Crippen LogP contribution is 2.40. The van der Waals surface area contributed by atoms with Crippen LogP contribution in [-0.2, 0) is 17.7 Å². The van der Waals surface area contributed by atoms with Gasteiger partial charge in [-0.25, -0.2) is 19.7 Å². The van der Waals surface area contributed by atoms with E-state index in [0.717, 1.165) is 51.7 Å². The maximum absolute atomic E-state index is 13.5. The van der Waals surface area contributed by atoms with Crippen LogP contribution in [0.1, 0.15) is 78.1 Å². The lowest BCUT2D eigenvalue weighted by Crippen LogP contribution is -2.39. The Kier molecular flexibility index (Phi) is 6.76. The number of benzene rings is 1. The number of H-pyrrole nitrogens is 1. The third-order valence-electron chi connectivity index (χ3n) is 8.00. The molecule has 0 aliphatic carbocycles. The molecular weight excluding hydrogens is 516 g/mol. The molecule has 5 heterocycles. The fraction of sp³-hybridized carbons (Fsp3) is 0.406. The van der Waals surface area contributed by atoms with Crippen molar-refractivity contribution in [3.05, 3.63) is 76.6 Å². The van der Waals surface area contributed by atoms with Crippen molar-refractivity contribution >= 4 is 23.0 Å². The number of amides is 2. The molecule has 0 saturated carbocycles. The minimum absolute atomic E-state index is 0.0846. The van der Waals surface area contributed by atoms with Gasteiger partial charge in [0.2, 0.25) is 0 Å². The maximum atomic E-state index is 13.5. The predicted molar refractivity (Wildman–Crippen MR) is 156 cm³/mol. The number of ether oxygens (including phenoxy) is 1. The van der Waals surface area contributed by atoms with Gasteiger partial charge in [-0.05, 0) is 93.8 Å². The Morgan fingerprint density at radius 3 is 2.54 bits per heavy atom. The van der Waals surface area contributed by atoms with Crippen molar-refractivity contribution in [2.24, 2.45) is 0 Å². The van der Waals surface area contributed by atoms with Crippen LogP contribution < -0.4 is 0 Å². The summed E-state index contributed by atoms with van der Waals surface area (Å²) in [6, 6.07) is 6.46. The molecule has 41 heavy (non-hydrogen) atoms. The number of nitrogens with one attached hydrogen (secondary N) is 1. The average Bonchev–Trinajstić information content (AvgIpc) is 3.58. The molecule has 1 unspecified atom stereocenters. The molecule has 2 aliphatic rings. The van der Waals surface area contributed by atoms with Crippen molar-refractivity contribution in [3.63, 3.8) is 0 Å². The minimum atomic E-state index is -0.583. The van der Waals surface area contributed by atoms with Crippen LogP contribution in [-0.4, -0.2) is 60.4 Å². The van der Waals surface area contributed by atoms with E-state index in [9.17, 15) is 9.59 Å². The van der Waals surface area contributed by atoms with Crippen molar-refractivity contribution in [2.45, 2.75) is 72.1 Å². The Morgan fingerprint density at radius 1 is 1.00 bits per heavy atom. The second kappa shape index (κ2) is 10.3. The van der Waals surface area contributed by atoms with Gasteiger partial charge in [0.05, 0.1) is 11.6 Å². The fourth-order valence-corrected chi connectivity index (χ4v) is 5.94. The molecule has 6 rings (SSSR count). The van der Waals surface area contributed by atoms with E-state index in [1.165, 1.54) is 5.56 Å². The van der Waals surface area contributed by atoms with Gasteiger partial charge < -0.3 is 19.5 Å².